The quantitative estimate of drug-likeness (QED) is 0.741. The highest BCUT2D eigenvalue weighted by Gasteiger charge is 2.28. The van der Waals surface area contributed by atoms with Gasteiger partial charge in [-0.2, -0.15) is 0 Å². The number of carbonyl (C=O) groups is 2. The Hall–Kier alpha value is -2.41. The second kappa shape index (κ2) is 8.52. The highest BCUT2D eigenvalue weighted by Crippen LogP contribution is 2.18. The molecule has 5 nitrogen and oxygen atoms in total. The van der Waals surface area contributed by atoms with Gasteiger partial charge in [0.1, 0.15) is 11.6 Å². The average Bonchev–Trinajstić information content (AvgIpc) is 2.69. The Morgan fingerprint density at radius 3 is 2.11 bits per heavy atom. The van der Waals surface area contributed by atoms with Gasteiger partial charge in [0.15, 0.2) is 6.10 Å². The molecule has 2 aromatic rings. The number of hydrogen-bond donors (Lipinski definition) is 0. The van der Waals surface area contributed by atoms with E-state index in [9.17, 15) is 14.0 Å². The summed E-state index contributed by atoms with van der Waals surface area (Å²) in [5, 5.41) is 0. The number of carbonyl (C=O) groups excluding carboxylic acids is 2. The highest BCUT2D eigenvalue weighted by atomic mass is 79.9. The van der Waals surface area contributed by atoms with Gasteiger partial charge in [-0.3, -0.25) is 9.59 Å². The zero-order valence-electron chi connectivity index (χ0n) is 14.9. The zero-order chi connectivity index (χ0) is 19.4. The van der Waals surface area contributed by atoms with Gasteiger partial charge in [-0.25, -0.2) is 4.39 Å². The molecule has 2 amide bonds. The maximum atomic E-state index is 13.0. The fourth-order valence-corrected chi connectivity index (χ4v) is 3.19. The summed E-state index contributed by atoms with van der Waals surface area (Å²) in [5.41, 5.74) is 0.447. The molecular formula is C20H20BrFN2O3. The molecule has 142 valence electrons. The first-order chi connectivity index (χ1) is 12.9. The highest BCUT2D eigenvalue weighted by molar-refractivity contribution is 9.10. The molecule has 0 aliphatic carbocycles. The van der Waals surface area contributed by atoms with Crippen molar-refractivity contribution in [3.05, 3.63) is 64.4 Å². The maximum absolute atomic E-state index is 13.0. The second-order valence-electron chi connectivity index (χ2n) is 6.34. The molecule has 1 fully saturated rings. The Bertz CT molecular complexity index is 803. The van der Waals surface area contributed by atoms with Crippen molar-refractivity contribution in [2.45, 2.75) is 13.0 Å². The van der Waals surface area contributed by atoms with Gasteiger partial charge in [0.05, 0.1) is 0 Å². The van der Waals surface area contributed by atoms with Crippen LogP contribution in [0, 0.1) is 5.82 Å². The third-order valence-electron chi connectivity index (χ3n) is 4.44. The molecule has 1 heterocycles. The Balaban J connectivity index is 1.53. The third kappa shape index (κ3) is 4.86. The van der Waals surface area contributed by atoms with Crippen LogP contribution in [0.15, 0.2) is 53.0 Å². The van der Waals surface area contributed by atoms with Crippen molar-refractivity contribution in [1.29, 1.82) is 0 Å². The van der Waals surface area contributed by atoms with Crippen molar-refractivity contribution in [2.75, 3.05) is 26.2 Å². The van der Waals surface area contributed by atoms with E-state index in [2.05, 4.69) is 15.9 Å². The fourth-order valence-electron chi connectivity index (χ4n) is 2.93. The normalized spacial score (nSPS) is 15.4. The SMILES string of the molecule is CC(Oc1ccc(Br)cc1)C(=O)N1CCN(C(=O)c2ccc(F)cc2)CC1. The van der Waals surface area contributed by atoms with Crippen LogP contribution in [-0.2, 0) is 4.79 Å². The van der Waals surface area contributed by atoms with Gasteiger partial charge >= 0.3 is 0 Å². The van der Waals surface area contributed by atoms with Crippen molar-refractivity contribution in [3.8, 4) is 5.75 Å². The number of ether oxygens (including phenoxy) is 1. The topological polar surface area (TPSA) is 49.9 Å². The standard InChI is InChI=1S/C20H20BrFN2O3/c1-14(27-18-8-4-16(21)5-9-18)19(25)23-10-12-24(13-11-23)20(26)15-2-6-17(22)7-3-15/h2-9,14H,10-13H2,1H3. The number of benzene rings is 2. The fraction of sp³-hybridized carbons (Fsp3) is 0.300. The minimum Gasteiger partial charge on any atom is -0.481 e. The van der Waals surface area contributed by atoms with Crippen molar-refractivity contribution >= 4 is 27.7 Å². The largest absolute Gasteiger partial charge is 0.481 e. The molecule has 0 aromatic heterocycles. The average molecular weight is 435 g/mol. The first-order valence-electron chi connectivity index (χ1n) is 8.70. The lowest BCUT2D eigenvalue weighted by Crippen LogP contribution is -2.53. The molecule has 0 N–H and O–H groups in total. The predicted molar refractivity (Wildman–Crippen MR) is 103 cm³/mol. The van der Waals surface area contributed by atoms with E-state index in [4.69, 9.17) is 4.74 Å². The lowest BCUT2D eigenvalue weighted by molar-refractivity contribution is -0.139. The smallest absolute Gasteiger partial charge is 0.263 e. The summed E-state index contributed by atoms with van der Waals surface area (Å²) in [4.78, 5) is 28.4. The van der Waals surface area contributed by atoms with E-state index in [1.807, 2.05) is 12.1 Å². The minimum absolute atomic E-state index is 0.105. The van der Waals surface area contributed by atoms with Gasteiger partial charge in [0, 0.05) is 36.2 Å². The number of rotatable bonds is 4. The molecule has 3 rings (SSSR count). The Kier molecular flexibility index (Phi) is 6.11. The molecule has 7 heteroatoms. The van der Waals surface area contributed by atoms with Crippen molar-refractivity contribution in [2.24, 2.45) is 0 Å². The van der Waals surface area contributed by atoms with Gasteiger partial charge < -0.3 is 14.5 Å². The molecule has 27 heavy (non-hydrogen) atoms. The molecule has 0 radical (unpaired) electrons. The summed E-state index contributed by atoms with van der Waals surface area (Å²) in [6.45, 7) is 3.49. The molecule has 1 aliphatic rings. The van der Waals surface area contributed by atoms with E-state index >= 15 is 0 Å². The van der Waals surface area contributed by atoms with E-state index in [1.165, 1.54) is 24.3 Å². The molecular weight excluding hydrogens is 415 g/mol. The molecule has 1 aliphatic heterocycles. The van der Waals surface area contributed by atoms with E-state index < -0.39 is 6.10 Å². The van der Waals surface area contributed by atoms with Crippen LogP contribution in [0.5, 0.6) is 5.75 Å². The lowest BCUT2D eigenvalue weighted by atomic mass is 10.1. The summed E-state index contributed by atoms with van der Waals surface area (Å²) >= 11 is 3.36. The summed E-state index contributed by atoms with van der Waals surface area (Å²) in [5.74, 6) is -0.000962. The summed E-state index contributed by atoms with van der Waals surface area (Å²) in [6, 6.07) is 12.8. The number of halogens is 2. The van der Waals surface area contributed by atoms with Crippen LogP contribution in [0.3, 0.4) is 0 Å². The maximum Gasteiger partial charge on any atom is 0.263 e. The summed E-state index contributed by atoms with van der Waals surface area (Å²) in [7, 11) is 0. The van der Waals surface area contributed by atoms with E-state index in [1.54, 1.807) is 28.9 Å². The first kappa shape index (κ1) is 19.4. The van der Waals surface area contributed by atoms with Gasteiger partial charge in [0.2, 0.25) is 0 Å². The number of amides is 2. The molecule has 1 unspecified atom stereocenters. The molecule has 1 atom stereocenters. The van der Waals surface area contributed by atoms with E-state index in [0.29, 0.717) is 37.5 Å². The van der Waals surface area contributed by atoms with Gasteiger partial charge in [-0.15, -0.1) is 0 Å². The monoisotopic (exact) mass is 434 g/mol. The summed E-state index contributed by atoms with van der Waals surface area (Å²) in [6.07, 6.45) is -0.606. The van der Waals surface area contributed by atoms with Crippen LogP contribution in [-0.4, -0.2) is 53.9 Å². The van der Waals surface area contributed by atoms with E-state index in [0.717, 1.165) is 4.47 Å². The van der Waals surface area contributed by atoms with Crippen LogP contribution >= 0.6 is 15.9 Å². The minimum atomic E-state index is -0.606. The zero-order valence-corrected chi connectivity index (χ0v) is 16.5. The second-order valence-corrected chi connectivity index (χ2v) is 7.25. The number of hydrogen-bond acceptors (Lipinski definition) is 3. The van der Waals surface area contributed by atoms with Gasteiger partial charge in [0.25, 0.3) is 11.8 Å². The summed E-state index contributed by atoms with van der Waals surface area (Å²) < 4.78 is 19.7. The van der Waals surface area contributed by atoms with Crippen LogP contribution in [0.1, 0.15) is 17.3 Å². The van der Waals surface area contributed by atoms with Crippen LogP contribution in [0.2, 0.25) is 0 Å². The van der Waals surface area contributed by atoms with Gasteiger partial charge in [-0.05, 0) is 55.5 Å². The number of piperazine rings is 1. The third-order valence-corrected chi connectivity index (χ3v) is 4.97. The van der Waals surface area contributed by atoms with Crippen LogP contribution in [0.25, 0.3) is 0 Å². The first-order valence-corrected chi connectivity index (χ1v) is 9.49. The molecule has 2 aromatic carbocycles. The van der Waals surface area contributed by atoms with Crippen molar-refractivity contribution < 1.29 is 18.7 Å². The molecule has 0 bridgehead atoms. The lowest BCUT2D eigenvalue weighted by Gasteiger charge is -2.36. The molecule has 0 spiro atoms. The number of nitrogens with zero attached hydrogens (tertiary/aromatic N) is 2. The van der Waals surface area contributed by atoms with Crippen molar-refractivity contribution in [1.82, 2.24) is 9.80 Å². The predicted octanol–water partition coefficient (Wildman–Crippen LogP) is 3.34. The Morgan fingerprint density at radius 2 is 1.52 bits per heavy atom. The van der Waals surface area contributed by atoms with Gasteiger partial charge in [-0.1, -0.05) is 15.9 Å². The van der Waals surface area contributed by atoms with Crippen LogP contribution in [0.4, 0.5) is 4.39 Å². The van der Waals surface area contributed by atoms with Crippen LogP contribution < -0.4 is 4.74 Å². The molecule has 1 saturated heterocycles. The molecule has 0 saturated carbocycles. The van der Waals surface area contributed by atoms with E-state index in [-0.39, 0.29) is 17.6 Å². The Morgan fingerprint density at radius 1 is 0.963 bits per heavy atom. The Labute approximate surface area is 165 Å². The van der Waals surface area contributed by atoms with Crippen molar-refractivity contribution in [3.63, 3.8) is 0 Å².